The summed E-state index contributed by atoms with van der Waals surface area (Å²) in [7, 11) is 0. The predicted molar refractivity (Wildman–Crippen MR) is 118 cm³/mol. The van der Waals surface area contributed by atoms with E-state index in [0.29, 0.717) is 24.0 Å². The van der Waals surface area contributed by atoms with Crippen LogP contribution in [0.4, 0.5) is 0 Å². The van der Waals surface area contributed by atoms with Crippen molar-refractivity contribution in [3.05, 3.63) is 77.8 Å². The van der Waals surface area contributed by atoms with E-state index < -0.39 is 5.97 Å². The number of rotatable bonds is 12. The number of carbonyl (C=O) groups excluding carboxylic acids is 2. The molecule has 0 unspecified atom stereocenters. The summed E-state index contributed by atoms with van der Waals surface area (Å²) in [5.74, 6) is 0.373. The summed E-state index contributed by atoms with van der Waals surface area (Å²) in [6.45, 7) is 4.40. The van der Waals surface area contributed by atoms with Crippen LogP contribution in [-0.4, -0.2) is 25.2 Å². The summed E-state index contributed by atoms with van der Waals surface area (Å²) in [5.41, 5.74) is 0.865. The first-order valence-electron chi connectivity index (χ1n) is 9.74. The third-order valence-corrected chi connectivity index (χ3v) is 4.29. The SMILES string of the molecule is C=CC(=O)OCCCCCCOc1ccc(/C=C\C(=O)Oc2ccc(Cl)cc2)cc1. The van der Waals surface area contributed by atoms with Gasteiger partial charge in [-0.15, -0.1) is 0 Å². The van der Waals surface area contributed by atoms with Crippen molar-refractivity contribution in [2.75, 3.05) is 13.2 Å². The van der Waals surface area contributed by atoms with Gasteiger partial charge in [-0.05, 0) is 73.7 Å². The molecule has 0 saturated carbocycles. The van der Waals surface area contributed by atoms with Crippen molar-refractivity contribution >= 4 is 29.6 Å². The van der Waals surface area contributed by atoms with Crippen LogP contribution in [0.2, 0.25) is 5.02 Å². The van der Waals surface area contributed by atoms with E-state index in [1.165, 1.54) is 12.2 Å². The van der Waals surface area contributed by atoms with Crippen molar-refractivity contribution in [2.45, 2.75) is 25.7 Å². The Morgan fingerprint density at radius 3 is 2.13 bits per heavy atom. The Morgan fingerprint density at radius 1 is 0.833 bits per heavy atom. The number of halogens is 1. The average molecular weight is 429 g/mol. The van der Waals surface area contributed by atoms with E-state index in [0.717, 1.165) is 37.0 Å². The minimum atomic E-state index is -0.461. The summed E-state index contributed by atoms with van der Waals surface area (Å²) in [5, 5.41) is 0.583. The molecule has 2 aromatic rings. The maximum Gasteiger partial charge on any atom is 0.336 e. The van der Waals surface area contributed by atoms with Gasteiger partial charge in [-0.3, -0.25) is 0 Å². The van der Waals surface area contributed by atoms with Gasteiger partial charge in [0.2, 0.25) is 0 Å². The molecular weight excluding hydrogens is 404 g/mol. The van der Waals surface area contributed by atoms with Crippen LogP contribution < -0.4 is 9.47 Å². The third-order valence-electron chi connectivity index (χ3n) is 4.04. The van der Waals surface area contributed by atoms with Crippen LogP contribution in [0.1, 0.15) is 31.2 Å². The van der Waals surface area contributed by atoms with E-state index in [9.17, 15) is 9.59 Å². The van der Waals surface area contributed by atoms with E-state index in [4.69, 9.17) is 25.8 Å². The van der Waals surface area contributed by atoms with E-state index >= 15 is 0 Å². The second-order valence-corrected chi connectivity index (χ2v) is 6.85. The smallest absolute Gasteiger partial charge is 0.336 e. The minimum Gasteiger partial charge on any atom is -0.494 e. The van der Waals surface area contributed by atoms with Crippen molar-refractivity contribution in [2.24, 2.45) is 0 Å². The first-order valence-corrected chi connectivity index (χ1v) is 10.1. The number of ether oxygens (including phenoxy) is 3. The number of esters is 2. The Kier molecular flexibility index (Phi) is 10.2. The molecule has 0 aromatic heterocycles. The van der Waals surface area contributed by atoms with Gasteiger partial charge < -0.3 is 14.2 Å². The lowest BCUT2D eigenvalue weighted by Crippen LogP contribution is -2.03. The summed E-state index contributed by atoms with van der Waals surface area (Å²) < 4.78 is 15.8. The number of carbonyl (C=O) groups is 2. The van der Waals surface area contributed by atoms with Gasteiger partial charge in [0.05, 0.1) is 13.2 Å². The topological polar surface area (TPSA) is 61.8 Å². The van der Waals surface area contributed by atoms with Gasteiger partial charge in [0.1, 0.15) is 11.5 Å². The van der Waals surface area contributed by atoms with Crippen molar-refractivity contribution < 1.29 is 23.8 Å². The molecule has 0 radical (unpaired) electrons. The molecule has 30 heavy (non-hydrogen) atoms. The van der Waals surface area contributed by atoms with E-state index in [1.807, 2.05) is 24.3 Å². The van der Waals surface area contributed by atoms with Crippen LogP contribution >= 0.6 is 11.6 Å². The van der Waals surface area contributed by atoms with Gasteiger partial charge >= 0.3 is 11.9 Å². The Hall–Kier alpha value is -3.05. The Morgan fingerprint density at radius 2 is 1.47 bits per heavy atom. The summed E-state index contributed by atoms with van der Waals surface area (Å²) in [4.78, 5) is 22.8. The second kappa shape index (κ2) is 13.2. The van der Waals surface area contributed by atoms with Crippen LogP contribution in [0.25, 0.3) is 6.08 Å². The molecule has 0 aliphatic heterocycles. The Bertz CT molecular complexity index is 841. The van der Waals surface area contributed by atoms with Gasteiger partial charge in [-0.2, -0.15) is 0 Å². The Labute approximate surface area is 181 Å². The number of hydrogen-bond donors (Lipinski definition) is 0. The largest absolute Gasteiger partial charge is 0.494 e. The summed E-state index contributed by atoms with van der Waals surface area (Å²) in [6, 6.07) is 14.1. The molecule has 0 atom stereocenters. The zero-order valence-electron chi connectivity index (χ0n) is 16.7. The molecule has 2 aromatic carbocycles. The molecule has 0 aliphatic rings. The maximum atomic E-state index is 11.9. The first kappa shape index (κ1) is 23.2. The third kappa shape index (κ3) is 9.43. The van der Waals surface area contributed by atoms with Crippen LogP contribution in [0.15, 0.2) is 67.3 Å². The quantitative estimate of drug-likeness (QED) is 0.190. The zero-order chi connectivity index (χ0) is 21.6. The summed E-state index contributed by atoms with van der Waals surface area (Å²) in [6.07, 6.45) is 7.96. The number of unbranched alkanes of at least 4 members (excludes halogenated alkanes) is 3. The molecule has 0 aliphatic carbocycles. The van der Waals surface area contributed by atoms with Crippen molar-refractivity contribution in [3.8, 4) is 11.5 Å². The fourth-order valence-electron chi connectivity index (χ4n) is 2.47. The molecule has 0 saturated heterocycles. The first-order chi connectivity index (χ1) is 14.6. The van der Waals surface area contributed by atoms with Crippen LogP contribution in [-0.2, 0) is 14.3 Å². The van der Waals surface area contributed by atoms with Crippen LogP contribution in [0.3, 0.4) is 0 Å². The molecule has 0 heterocycles. The number of hydrogen-bond acceptors (Lipinski definition) is 5. The minimum absolute atomic E-state index is 0.380. The van der Waals surface area contributed by atoms with Gasteiger partial charge in [0, 0.05) is 17.2 Å². The van der Waals surface area contributed by atoms with E-state index in [1.54, 1.807) is 30.3 Å². The molecule has 0 spiro atoms. The van der Waals surface area contributed by atoms with Gasteiger partial charge in [-0.1, -0.05) is 30.3 Å². The predicted octanol–water partition coefficient (Wildman–Crippen LogP) is 5.63. The van der Waals surface area contributed by atoms with E-state index in [-0.39, 0.29) is 5.97 Å². The second-order valence-electron chi connectivity index (χ2n) is 6.41. The fourth-order valence-corrected chi connectivity index (χ4v) is 2.60. The highest BCUT2D eigenvalue weighted by Gasteiger charge is 2.01. The molecule has 0 N–H and O–H groups in total. The summed E-state index contributed by atoms with van der Waals surface area (Å²) >= 11 is 5.80. The normalized spacial score (nSPS) is 10.6. The lowest BCUT2D eigenvalue weighted by Gasteiger charge is -2.06. The lowest BCUT2D eigenvalue weighted by atomic mass is 10.2. The maximum absolute atomic E-state index is 11.9. The highest BCUT2D eigenvalue weighted by Crippen LogP contribution is 2.17. The highest BCUT2D eigenvalue weighted by molar-refractivity contribution is 6.30. The molecule has 0 bridgehead atoms. The molecule has 0 fully saturated rings. The molecule has 2 rings (SSSR count). The van der Waals surface area contributed by atoms with Crippen molar-refractivity contribution in [1.82, 2.24) is 0 Å². The molecular formula is C24H25ClO5. The van der Waals surface area contributed by atoms with E-state index in [2.05, 4.69) is 6.58 Å². The molecule has 158 valence electrons. The van der Waals surface area contributed by atoms with Crippen LogP contribution in [0, 0.1) is 0 Å². The van der Waals surface area contributed by atoms with Crippen molar-refractivity contribution in [1.29, 1.82) is 0 Å². The zero-order valence-corrected chi connectivity index (χ0v) is 17.5. The standard InChI is InChI=1S/C24H25ClO5/c1-2-23(26)29-18-6-4-3-5-17-28-21-12-7-19(8-13-21)9-16-24(27)30-22-14-10-20(25)11-15-22/h2,7-16H,1,3-6,17-18H2/b16-9-. The molecule has 0 amide bonds. The highest BCUT2D eigenvalue weighted by atomic mass is 35.5. The molecule has 5 nitrogen and oxygen atoms in total. The van der Waals surface area contributed by atoms with Gasteiger partial charge in [-0.25, -0.2) is 9.59 Å². The van der Waals surface area contributed by atoms with Gasteiger partial charge in [0.15, 0.2) is 0 Å². The van der Waals surface area contributed by atoms with Gasteiger partial charge in [0.25, 0.3) is 0 Å². The average Bonchev–Trinajstić information content (AvgIpc) is 2.76. The Balaban J connectivity index is 1.62. The van der Waals surface area contributed by atoms with Crippen LogP contribution in [0.5, 0.6) is 11.5 Å². The fraction of sp³-hybridized carbons (Fsp3) is 0.250. The van der Waals surface area contributed by atoms with Crippen molar-refractivity contribution in [3.63, 3.8) is 0 Å². The number of benzene rings is 2. The lowest BCUT2D eigenvalue weighted by molar-refractivity contribution is -0.137. The molecule has 6 heteroatoms. The monoisotopic (exact) mass is 428 g/mol.